The number of carbonyl (C=O) groups excluding carboxylic acids is 2. The van der Waals surface area contributed by atoms with Crippen molar-refractivity contribution in [2.24, 2.45) is 0 Å². The molecule has 0 saturated carbocycles. The van der Waals surface area contributed by atoms with Crippen molar-refractivity contribution in [2.75, 3.05) is 5.75 Å². The summed E-state index contributed by atoms with van der Waals surface area (Å²) in [7, 11) is 0. The molecule has 2 aromatic carbocycles. The number of amides is 2. The molecular formula is C17H14ClN3O2S2. The summed E-state index contributed by atoms with van der Waals surface area (Å²) in [6, 6.07) is 14.3. The number of hydrogen-bond acceptors (Lipinski definition) is 5. The van der Waals surface area contributed by atoms with E-state index < -0.39 is 0 Å². The van der Waals surface area contributed by atoms with Crippen LogP contribution < -0.4 is 10.9 Å². The van der Waals surface area contributed by atoms with Gasteiger partial charge in [0.15, 0.2) is 4.34 Å². The number of carbonyl (C=O) groups is 2. The molecule has 0 aliphatic heterocycles. The van der Waals surface area contributed by atoms with Gasteiger partial charge in [0.05, 0.1) is 10.2 Å². The maximum atomic E-state index is 11.9. The van der Waals surface area contributed by atoms with Gasteiger partial charge < -0.3 is 0 Å². The summed E-state index contributed by atoms with van der Waals surface area (Å²) in [5, 5.41) is 0.549. The molecule has 0 saturated heterocycles. The number of thioether (sulfide) groups is 1. The fraction of sp³-hybridized carbons (Fsp3) is 0.118. The van der Waals surface area contributed by atoms with Gasteiger partial charge in [0.25, 0.3) is 5.91 Å². The quantitative estimate of drug-likeness (QED) is 0.511. The molecule has 3 rings (SSSR count). The summed E-state index contributed by atoms with van der Waals surface area (Å²) in [5.41, 5.74) is 6.18. The second kappa shape index (κ2) is 8.33. The fourth-order valence-electron chi connectivity index (χ4n) is 2.01. The molecule has 1 heterocycles. The molecule has 5 nitrogen and oxygen atoms in total. The largest absolute Gasteiger partial charge is 0.273 e. The second-order valence-electron chi connectivity index (χ2n) is 5.06. The first-order chi connectivity index (χ1) is 12.1. The molecule has 1 aromatic heterocycles. The summed E-state index contributed by atoms with van der Waals surface area (Å²) >= 11 is 8.90. The molecule has 0 radical (unpaired) electrons. The number of nitrogens with zero attached hydrogens (tertiary/aromatic N) is 1. The Morgan fingerprint density at radius 2 is 1.84 bits per heavy atom. The van der Waals surface area contributed by atoms with Crippen molar-refractivity contribution < 1.29 is 9.59 Å². The van der Waals surface area contributed by atoms with Gasteiger partial charge in [-0.2, -0.15) is 0 Å². The molecule has 0 aliphatic rings. The fourth-order valence-corrected chi connectivity index (χ4v) is 4.21. The molecule has 3 aromatic rings. The van der Waals surface area contributed by atoms with E-state index in [4.69, 9.17) is 11.6 Å². The first-order valence-corrected chi connectivity index (χ1v) is 9.63. The molecule has 2 amide bonds. The van der Waals surface area contributed by atoms with Crippen LogP contribution in [0.25, 0.3) is 10.2 Å². The highest BCUT2D eigenvalue weighted by molar-refractivity contribution is 8.01. The van der Waals surface area contributed by atoms with Crippen molar-refractivity contribution in [1.82, 2.24) is 15.8 Å². The molecule has 25 heavy (non-hydrogen) atoms. The van der Waals surface area contributed by atoms with Gasteiger partial charge in [-0.3, -0.25) is 20.4 Å². The minimum Gasteiger partial charge on any atom is -0.273 e. The molecule has 8 heteroatoms. The molecule has 0 aliphatic carbocycles. The van der Waals surface area contributed by atoms with E-state index in [1.165, 1.54) is 11.8 Å². The summed E-state index contributed by atoms with van der Waals surface area (Å²) < 4.78 is 2.06. The third kappa shape index (κ3) is 4.94. The van der Waals surface area contributed by atoms with Crippen molar-refractivity contribution in [3.05, 3.63) is 59.1 Å². The van der Waals surface area contributed by atoms with Crippen molar-refractivity contribution >= 4 is 56.7 Å². The Kier molecular flexibility index (Phi) is 5.91. The van der Waals surface area contributed by atoms with Crippen molar-refractivity contribution in [1.29, 1.82) is 0 Å². The molecule has 0 atom stereocenters. The Balaban J connectivity index is 1.42. The van der Waals surface area contributed by atoms with Crippen LogP contribution >= 0.6 is 34.7 Å². The first-order valence-electron chi connectivity index (χ1n) is 7.45. The predicted octanol–water partition coefficient (Wildman–Crippen LogP) is 3.89. The SMILES string of the molecule is O=C(CCSc1nc2ccccc2s1)NNC(=O)c1ccc(Cl)cc1. The third-order valence-corrected chi connectivity index (χ3v) is 5.68. The van der Waals surface area contributed by atoms with E-state index in [0.717, 1.165) is 14.6 Å². The molecule has 128 valence electrons. The van der Waals surface area contributed by atoms with Gasteiger partial charge in [-0.1, -0.05) is 35.5 Å². The van der Waals surface area contributed by atoms with Crippen LogP contribution in [0.5, 0.6) is 0 Å². The number of rotatable bonds is 5. The zero-order valence-corrected chi connectivity index (χ0v) is 15.4. The third-order valence-electron chi connectivity index (χ3n) is 3.25. The zero-order valence-electron chi connectivity index (χ0n) is 13.0. The number of halogens is 1. The van der Waals surface area contributed by atoms with Gasteiger partial charge in [-0.15, -0.1) is 11.3 Å². The topological polar surface area (TPSA) is 71.1 Å². The second-order valence-corrected chi connectivity index (χ2v) is 7.86. The highest BCUT2D eigenvalue weighted by Crippen LogP contribution is 2.29. The minimum atomic E-state index is -0.385. The van der Waals surface area contributed by atoms with Gasteiger partial charge in [0, 0.05) is 22.8 Å². The van der Waals surface area contributed by atoms with Crippen molar-refractivity contribution in [3.8, 4) is 0 Å². The first kappa shape index (κ1) is 17.7. The Morgan fingerprint density at radius 1 is 1.08 bits per heavy atom. The number of nitrogens with one attached hydrogen (secondary N) is 2. The van der Waals surface area contributed by atoms with Crippen LogP contribution in [-0.2, 0) is 4.79 Å². The van der Waals surface area contributed by atoms with Crippen LogP contribution in [0.15, 0.2) is 52.9 Å². The minimum absolute atomic E-state index is 0.254. The summed E-state index contributed by atoms with van der Waals surface area (Å²) in [4.78, 5) is 28.2. The normalized spacial score (nSPS) is 10.6. The van der Waals surface area contributed by atoms with Crippen LogP contribution in [0.2, 0.25) is 5.02 Å². The van der Waals surface area contributed by atoms with E-state index in [2.05, 4.69) is 15.8 Å². The lowest BCUT2D eigenvalue weighted by molar-refractivity contribution is -0.121. The van der Waals surface area contributed by atoms with Crippen LogP contribution in [-0.4, -0.2) is 22.6 Å². The maximum absolute atomic E-state index is 11.9. The van der Waals surface area contributed by atoms with E-state index in [1.807, 2.05) is 24.3 Å². The van der Waals surface area contributed by atoms with Crippen molar-refractivity contribution in [3.63, 3.8) is 0 Å². The predicted molar refractivity (Wildman–Crippen MR) is 102 cm³/mol. The van der Waals surface area contributed by atoms with E-state index in [9.17, 15) is 9.59 Å². The highest BCUT2D eigenvalue weighted by Gasteiger charge is 2.09. The summed E-state index contributed by atoms with van der Waals surface area (Å²) in [5.74, 6) is -0.0533. The molecule has 0 fully saturated rings. The number of hydrazine groups is 1. The van der Waals surface area contributed by atoms with Gasteiger partial charge in [0.1, 0.15) is 0 Å². The summed E-state index contributed by atoms with van der Waals surface area (Å²) in [6.45, 7) is 0. The molecule has 2 N–H and O–H groups in total. The lowest BCUT2D eigenvalue weighted by Crippen LogP contribution is -2.41. The Morgan fingerprint density at radius 3 is 2.60 bits per heavy atom. The average Bonchev–Trinajstić information content (AvgIpc) is 3.03. The van der Waals surface area contributed by atoms with Gasteiger partial charge >= 0.3 is 0 Å². The van der Waals surface area contributed by atoms with Crippen LogP contribution in [0, 0.1) is 0 Å². The Hall–Kier alpha value is -2.09. The number of fused-ring (bicyclic) bond motifs is 1. The maximum Gasteiger partial charge on any atom is 0.269 e. The Bertz CT molecular complexity index is 863. The van der Waals surface area contributed by atoms with E-state index >= 15 is 0 Å². The number of para-hydroxylation sites is 1. The van der Waals surface area contributed by atoms with E-state index in [-0.39, 0.29) is 18.2 Å². The van der Waals surface area contributed by atoms with E-state index in [0.29, 0.717) is 16.3 Å². The van der Waals surface area contributed by atoms with Gasteiger partial charge in [-0.25, -0.2) is 4.98 Å². The van der Waals surface area contributed by atoms with Gasteiger partial charge in [-0.05, 0) is 36.4 Å². The monoisotopic (exact) mass is 391 g/mol. The van der Waals surface area contributed by atoms with Gasteiger partial charge in [0.2, 0.25) is 5.91 Å². The van der Waals surface area contributed by atoms with E-state index in [1.54, 1.807) is 35.6 Å². The Labute approximate surface area is 157 Å². The zero-order chi connectivity index (χ0) is 17.6. The summed E-state index contributed by atoms with van der Waals surface area (Å²) in [6.07, 6.45) is 0.279. The smallest absolute Gasteiger partial charge is 0.269 e. The van der Waals surface area contributed by atoms with Crippen LogP contribution in [0.3, 0.4) is 0 Å². The number of aromatic nitrogens is 1. The lowest BCUT2D eigenvalue weighted by Gasteiger charge is -2.07. The molecule has 0 unspecified atom stereocenters. The highest BCUT2D eigenvalue weighted by atomic mass is 35.5. The van der Waals surface area contributed by atoms with Crippen LogP contribution in [0.1, 0.15) is 16.8 Å². The molecular weight excluding hydrogens is 378 g/mol. The molecule has 0 spiro atoms. The lowest BCUT2D eigenvalue weighted by atomic mass is 10.2. The number of benzene rings is 2. The van der Waals surface area contributed by atoms with Crippen LogP contribution in [0.4, 0.5) is 0 Å². The number of hydrogen-bond donors (Lipinski definition) is 2. The standard InChI is InChI=1S/C17H14ClN3O2S2/c18-12-7-5-11(6-8-12)16(23)21-20-15(22)9-10-24-17-19-13-3-1-2-4-14(13)25-17/h1-8H,9-10H2,(H,20,22)(H,21,23). The molecule has 0 bridgehead atoms. The average molecular weight is 392 g/mol. The van der Waals surface area contributed by atoms with Crippen molar-refractivity contribution in [2.45, 2.75) is 10.8 Å². The number of thiazole rings is 1.